The van der Waals surface area contributed by atoms with Crippen molar-refractivity contribution in [1.82, 2.24) is 9.88 Å². The standard InChI is InChI=1S/C13H18N2O3/c1-15(9-12-4-2-3-5-18-12)13(17)10-6-11(16)8-14-7-10/h6-8,12,16H,2-5,9H2,1H3. The van der Waals surface area contributed by atoms with Crippen molar-refractivity contribution >= 4 is 5.91 Å². The third-order valence-corrected chi connectivity index (χ3v) is 3.07. The second-order valence-electron chi connectivity index (χ2n) is 4.61. The fraction of sp³-hybridized carbons (Fsp3) is 0.538. The number of carbonyl (C=O) groups is 1. The van der Waals surface area contributed by atoms with Gasteiger partial charge in [0.1, 0.15) is 5.75 Å². The van der Waals surface area contributed by atoms with E-state index in [9.17, 15) is 9.90 Å². The minimum absolute atomic E-state index is 0.00293. The molecule has 0 aromatic carbocycles. The highest BCUT2D eigenvalue weighted by Gasteiger charge is 2.20. The number of carbonyl (C=O) groups excluding carboxylic acids is 1. The molecule has 5 heteroatoms. The minimum atomic E-state index is -0.146. The first-order chi connectivity index (χ1) is 8.66. The van der Waals surface area contributed by atoms with Gasteiger partial charge in [-0.1, -0.05) is 0 Å². The van der Waals surface area contributed by atoms with Gasteiger partial charge in [0.05, 0.1) is 17.9 Å². The van der Waals surface area contributed by atoms with E-state index in [1.807, 2.05) is 0 Å². The van der Waals surface area contributed by atoms with E-state index in [4.69, 9.17) is 4.74 Å². The lowest BCUT2D eigenvalue weighted by Crippen LogP contribution is -2.37. The fourth-order valence-corrected chi connectivity index (χ4v) is 2.10. The minimum Gasteiger partial charge on any atom is -0.506 e. The number of hydrogen-bond acceptors (Lipinski definition) is 4. The van der Waals surface area contributed by atoms with E-state index in [1.165, 1.54) is 18.5 Å². The van der Waals surface area contributed by atoms with E-state index in [0.717, 1.165) is 25.9 Å². The fourth-order valence-electron chi connectivity index (χ4n) is 2.10. The third-order valence-electron chi connectivity index (χ3n) is 3.07. The highest BCUT2D eigenvalue weighted by Crippen LogP contribution is 2.15. The molecule has 2 rings (SSSR count). The van der Waals surface area contributed by atoms with Crippen LogP contribution in [0.1, 0.15) is 29.6 Å². The highest BCUT2D eigenvalue weighted by atomic mass is 16.5. The Balaban J connectivity index is 1.95. The van der Waals surface area contributed by atoms with E-state index in [-0.39, 0.29) is 17.8 Å². The summed E-state index contributed by atoms with van der Waals surface area (Å²) in [7, 11) is 1.74. The van der Waals surface area contributed by atoms with E-state index in [0.29, 0.717) is 12.1 Å². The number of rotatable bonds is 3. The van der Waals surface area contributed by atoms with E-state index < -0.39 is 0 Å². The van der Waals surface area contributed by atoms with Crippen molar-refractivity contribution in [2.24, 2.45) is 0 Å². The number of likely N-dealkylation sites (N-methyl/N-ethyl adjacent to an activating group) is 1. The molecule has 5 nitrogen and oxygen atoms in total. The molecule has 0 aliphatic carbocycles. The van der Waals surface area contributed by atoms with Crippen LogP contribution < -0.4 is 0 Å². The number of amides is 1. The van der Waals surface area contributed by atoms with Crippen LogP contribution in [-0.4, -0.2) is 47.2 Å². The Hall–Kier alpha value is -1.62. The van der Waals surface area contributed by atoms with Crippen LogP contribution in [0.25, 0.3) is 0 Å². The van der Waals surface area contributed by atoms with Crippen molar-refractivity contribution in [3.05, 3.63) is 24.0 Å². The molecule has 1 aromatic heterocycles. The molecule has 0 spiro atoms. The predicted octanol–water partition coefficient (Wildman–Crippen LogP) is 1.43. The molecule has 0 bridgehead atoms. The lowest BCUT2D eigenvalue weighted by atomic mass is 10.1. The van der Waals surface area contributed by atoms with Gasteiger partial charge >= 0.3 is 0 Å². The Bertz CT molecular complexity index is 416. The summed E-state index contributed by atoms with van der Waals surface area (Å²) in [4.78, 5) is 17.5. The van der Waals surface area contributed by atoms with Gasteiger partial charge in [0.2, 0.25) is 0 Å². The Morgan fingerprint density at radius 3 is 3.06 bits per heavy atom. The molecular weight excluding hydrogens is 232 g/mol. The van der Waals surface area contributed by atoms with Crippen LogP contribution in [0.5, 0.6) is 5.75 Å². The summed E-state index contributed by atoms with van der Waals surface area (Å²) in [5, 5.41) is 9.31. The normalized spacial score (nSPS) is 19.5. The summed E-state index contributed by atoms with van der Waals surface area (Å²) in [6.07, 6.45) is 6.14. The van der Waals surface area contributed by atoms with Crippen LogP contribution in [0, 0.1) is 0 Å². The first kappa shape index (κ1) is 12.8. The van der Waals surface area contributed by atoms with Crippen molar-refractivity contribution in [3.8, 4) is 5.75 Å². The van der Waals surface area contributed by atoms with Crippen LogP contribution in [0.2, 0.25) is 0 Å². The molecule has 0 saturated carbocycles. The highest BCUT2D eigenvalue weighted by molar-refractivity contribution is 5.94. The summed E-state index contributed by atoms with van der Waals surface area (Å²) in [6.45, 7) is 1.36. The lowest BCUT2D eigenvalue weighted by Gasteiger charge is -2.27. The quantitative estimate of drug-likeness (QED) is 0.881. The molecule has 1 unspecified atom stereocenters. The number of ether oxygens (including phenoxy) is 1. The van der Waals surface area contributed by atoms with Crippen LogP contribution in [-0.2, 0) is 4.74 Å². The van der Waals surface area contributed by atoms with Gasteiger partial charge in [-0.05, 0) is 25.3 Å². The van der Waals surface area contributed by atoms with Crippen LogP contribution in [0.4, 0.5) is 0 Å². The Morgan fingerprint density at radius 2 is 2.39 bits per heavy atom. The zero-order valence-electron chi connectivity index (χ0n) is 10.5. The number of aromatic nitrogens is 1. The molecule has 98 valence electrons. The predicted molar refractivity (Wildman–Crippen MR) is 66.5 cm³/mol. The zero-order valence-corrected chi connectivity index (χ0v) is 10.5. The molecule has 1 N–H and O–H groups in total. The molecule has 2 heterocycles. The lowest BCUT2D eigenvalue weighted by molar-refractivity contribution is -0.000198. The number of hydrogen-bond donors (Lipinski definition) is 1. The molecule has 1 aliphatic rings. The van der Waals surface area contributed by atoms with Gasteiger partial charge < -0.3 is 14.7 Å². The second kappa shape index (κ2) is 5.82. The van der Waals surface area contributed by atoms with Crippen molar-refractivity contribution < 1.29 is 14.6 Å². The average molecular weight is 250 g/mol. The van der Waals surface area contributed by atoms with Crippen molar-refractivity contribution in [2.45, 2.75) is 25.4 Å². The van der Waals surface area contributed by atoms with Gasteiger partial charge in [-0.2, -0.15) is 0 Å². The number of pyridine rings is 1. The Kier molecular flexibility index (Phi) is 4.15. The van der Waals surface area contributed by atoms with Crippen LogP contribution >= 0.6 is 0 Å². The summed E-state index contributed by atoms with van der Waals surface area (Å²) in [6, 6.07) is 1.42. The molecule has 18 heavy (non-hydrogen) atoms. The maximum atomic E-state index is 12.1. The molecule has 1 amide bonds. The summed E-state index contributed by atoms with van der Waals surface area (Å²) in [5.74, 6) is -0.143. The van der Waals surface area contributed by atoms with Crippen molar-refractivity contribution in [2.75, 3.05) is 20.2 Å². The first-order valence-corrected chi connectivity index (χ1v) is 6.18. The number of aromatic hydroxyl groups is 1. The van der Waals surface area contributed by atoms with Crippen LogP contribution in [0.15, 0.2) is 18.5 Å². The van der Waals surface area contributed by atoms with Crippen LogP contribution in [0.3, 0.4) is 0 Å². The maximum absolute atomic E-state index is 12.1. The maximum Gasteiger partial charge on any atom is 0.255 e. The third kappa shape index (κ3) is 3.20. The first-order valence-electron chi connectivity index (χ1n) is 6.18. The average Bonchev–Trinajstić information content (AvgIpc) is 2.39. The summed E-state index contributed by atoms with van der Waals surface area (Å²) >= 11 is 0. The molecule has 0 radical (unpaired) electrons. The smallest absolute Gasteiger partial charge is 0.255 e. The monoisotopic (exact) mass is 250 g/mol. The Morgan fingerprint density at radius 1 is 1.56 bits per heavy atom. The van der Waals surface area contributed by atoms with Crippen molar-refractivity contribution in [3.63, 3.8) is 0 Å². The molecule has 1 aliphatic heterocycles. The molecule has 1 saturated heterocycles. The van der Waals surface area contributed by atoms with Crippen molar-refractivity contribution in [1.29, 1.82) is 0 Å². The molecule has 1 aromatic rings. The van der Waals surface area contributed by atoms with E-state index >= 15 is 0 Å². The van der Waals surface area contributed by atoms with Gasteiger partial charge in [0, 0.05) is 26.4 Å². The van der Waals surface area contributed by atoms with E-state index in [2.05, 4.69) is 4.98 Å². The van der Waals surface area contributed by atoms with Gasteiger partial charge in [-0.3, -0.25) is 9.78 Å². The zero-order chi connectivity index (χ0) is 13.0. The van der Waals surface area contributed by atoms with Gasteiger partial charge in [0.25, 0.3) is 5.91 Å². The van der Waals surface area contributed by atoms with Gasteiger partial charge in [0.15, 0.2) is 0 Å². The second-order valence-corrected chi connectivity index (χ2v) is 4.61. The Labute approximate surface area is 106 Å². The molecule has 1 fully saturated rings. The number of nitrogens with zero attached hydrogens (tertiary/aromatic N) is 2. The topological polar surface area (TPSA) is 62.7 Å². The summed E-state index contributed by atoms with van der Waals surface area (Å²) in [5.41, 5.74) is 0.397. The largest absolute Gasteiger partial charge is 0.506 e. The SMILES string of the molecule is CN(CC1CCCCO1)C(=O)c1cncc(O)c1. The molecular formula is C13H18N2O3. The van der Waals surface area contributed by atoms with E-state index in [1.54, 1.807) is 11.9 Å². The van der Waals surface area contributed by atoms with Gasteiger partial charge in [-0.25, -0.2) is 0 Å². The van der Waals surface area contributed by atoms with Gasteiger partial charge in [-0.15, -0.1) is 0 Å². The molecule has 1 atom stereocenters. The summed E-state index contributed by atoms with van der Waals surface area (Å²) < 4.78 is 5.60.